The Bertz CT molecular complexity index is 887. The topological polar surface area (TPSA) is 69.8 Å². The number of rotatable bonds is 4. The minimum absolute atomic E-state index is 0.0578. The van der Waals surface area contributed by atoms with Crippen LogP contribution in [0.25, 0.3) is 11.0 Å². The zero-order valence-corrected chi connectivity index (χ0v) is 14.5. The lowest BCUT2D eigenvalue weighted by Crippen LogP contribution is -2.39. The third kappa shape index (κ3) is 3.80. The van der Waals surface area contributed by atoms with Gasteiger partial charge in [0.15, 0.2) is 5.65 Å². The minimum Gasteiger partial charge on any atom is -0.277 e. The summed E-state index contributed by atoms with van der Waals surface area (Å²) < 4.78 is 39.8. The maximum atomic E-state index is 12.5. The highest BCUT2D eigenvalue weighted by Gasteiger charge is 2.29. The number of fused-ring (bicyclic) bond motifs is 1. The summed E-state index contributed by atoms with van der Waals surface area (Å²) in [5.41, 5.74) is -1.17. The molecule has 0 aliphatic carbocycles. The van der Waals surface area contributed by atoms with Gasteiger partial charge < -0.3 is 0 Å². The molecule has 0 saturated heterocycles. The maximum absolute atomic E-state index is 12.5. The molecule has 2 aromatic heterocycles. The summed E-state index contributed by atoms with van der Waals surface area (Å²) in [7, 11) is 1.29. The molecule has 0 aliphatic heterocycles. The first-order chi connectivity index (χ1) is 11.0. The van der Waals surface area contributed by atoms with E-state index < -0.39 is 23.2 Å². The molecule has 0 fully saturated rings. The van der Waals surface area contributed by atoms with Crippen molar-refractivity contribution < 1.29 is 13.2 Å². The number of nitrogens with zero attached hydrogens (tertiary/aromatic N) is 4. The number of halogens is 3. The van der Waals surface area contributed by atoms with E-state index in [9.17, 15) is 22.8 Å². The molecule has 2 heterocycles. The molecule has 0 spiro atoms. The summed E-state index contributed by atoms with van der Waals surface area (Å²) in [5.74, 6) is -0.882. The van der Waals surface area contributed by atoms with E-state index in [4.69, 9.17) is 0 Å². The number of hydrogen-bond acceptors (Lipinski definition) is 5. The molecule has 2 aromatic rings. The highest BCUT2D eigenvalue weighted by atomic mass is 32.2. The van der Waals surface area contributed by atoms with Crippen LogP contribution in [-0.2, 0) is 13.6 Å². The first-order valence-corrected chi connectivity index (χ1v) is 8.17. The number of alkyl halides is 3. The van der Waals surface area contributed by atoms with Gasteiger partial charge in [-0.2, -0.15) is 13.2 Å². The Labute approximate surface area is 139 Å². The van der Waals surface area contributed by atoms with Crippen molar-refractivity contribution in [3.8, 4) is 0 Å². The van der Waals surface area contributed by atoms with E-state index in [1.54, 1.807) is 0 Å². The van der Waals surface area contributed by atoms with Crippen molar-refractivity contribution in [2.45, 2.75) is 38.5 Å². The van der Waals surface area contributed by atoms with Gasteiger partial charge in [-0.25, -0.2) is 14.8 Å². The molecular formula is C14H17F3N4O2S. The van der Waals surface area contributed by atoms with Crippen molar-refractivity contribution in [1.29, 1.82) is 0 Å². The summed E-state index contributed by atoms with van der Waals surface area (Å²) >= 11 is 0.423. The Kier molecular flexibility index (Phi) is 5.07. The molecule has 10 heteroatoms. The van der Waals surface area contributed by atoms with Gasteiger partial charge in [0.25, 0.3) is 5.56 Å². The Hall–Kier alpha value is -1.84. The Morgan fingerprint density at radius 3 is 2.38 bits per heavy atom. The van der Waals surface area contributed by atoms with Crippen LogP contribution >= 0.6 is 11.8 Å². The molecule has 24 heavy (non-hydrogen) atoms. The molecule has 0 unspecified atom stereocenters. The van der Waals surface area contributed by atoms with Crippen molar-refractivity contribution in [2.75, 3.05) is 5.75 Å². The minimum atomic E-state index is -4.40. The van der Waals surface area contributed by atoms with Crippen LogP contribution < -0.4 is 11.2 Å². The second-order valence-corrected chi connectivity index (χ2v) is 6.79. The number of aromatic nitrogens is 4. The average molecular weight is 362 g/mol. The van der Waals surface area contributed by atoms with Crippen LogP contribution in [0.5, 0.6) is 0 Å². The SMILES string of the molecule is Cc1nc(SCC(F)(F)F)c2c(=O)n(C)c(=O)n(CC(C)C)c2n1. The quantitative estimate of drug-likeness (QED) is 0.615. The molecule has 0 N–H and O–H groups in total. The van der Waals surface area contributed by atoms with E-state index in [0.29, 0.717) is 18.3 Å². The lowest BCUT2D eigenvalue weighted by atomic mass is 10.2. The Morgan fingerprint density at radius 1 is 1.21 bits per heavy atom. The van der Waals surface area contributed by atoms with Crippen LogP contribution in [0.4, 0.5) is 13.2 Å². The van der Waals surface area contributed by atoms with Crippen molar-refractivity contribution in [3.63, 3.8) is 0 Å². The van der Waals surface area contributed by atoms with Crippen LogP contribution in [0.2, 0.25) is 0 Å². The number of thioether (sulfide) groups is 1. The summed E-state index contributed by atoms with van der Waals surface area (Å²) in [4.78, 5) is 32.9. The summed E-state index contributed by atoms with van der Waals surface area (Å²) in [6.45, 7) is 5.58. The van der Waals surface area contributed by atoms with Gasteiger partial charge in [0.05, 0.1) is 5.75 Å². The largest absolute Gasteiger partial charge is 0.398 e. The van der Waals surface area contributed by atoms with E-state index in [-0.39, 0.29) is 27.8 Å². The molecule has 0 radical (unpaired) electrons. The van der Waals surface area contributed by atoms with E-state index >= 15 is 0 Å². The fraction of sp³-hybridized carbons (Fsp3) is 0.571. The van der Waals surface area contributed by atoms with Crippen LogP contribution in [0, 0.1) is 12.8 Å². The first kappa shape index (κ1) is 18.5. The Morgan fingerprint density at radius 2 is 1.83 bits per heavy atom. The summed E-state index contributed by atoms with van der Waals surface area (Å²) in [6.07, 6.45) is -4.40. The highest BCUT2D eigenvalue weighted by molar-refractivity contribution is 7.99. The van der Waals surface area contributed by atoms with Gasteiger partial charge in [-0.05, 0) is 12.8 Å². The third-order valence-corrected chi connectivity index (χ3v) is 4.22. The van der Waals surface area contributed by atoms with Crippen LogP contribution in [0.1, 0.15) is 19.7 Å². The van der Waals surface area contributed by atoms with Gasteiger partial charge in [-0.1, -0.05) is 25.6 Å². The molecule has 0 bridgehead atoms. The molecule has 6 nitrogen and oxygen atoms in total. The van der Waals surface area contributed by atoms with E-state index in [1.165, 1.54) is 18.5 Å². The lowest BCUT2D eigenvalue weighted by molar-refractivity contribution is -0.105. The molecule has 0 aliphatic rings. The standard InChI is InChI=1S/C14H17F3N4O2S/c1-7(2)5-21-10-9(12(22)20(4)13(21)23)11(19-8(3)18-10)24-6-14(15,16)17/h7H,5-6H2,1-4H3. The molecular weight excluding hydrogens is 345 g/mol. The van der Waals surface area contributed by atoms with Gasteiger partial charge in [0, 0.05) is 13.6 Å². The fourth-order valence-corrected chi connectivity index (χ4v) is 3.05. The van der Waals surface area contributed by atoms with Crippen LogP contribution in [-0.4, -0.2) is 31.0 Å². The van der Waals surface area contributed by atoms with Gasteiger partial charge in [0.1, 0.15) is 16.2 Å². The second kappa shape index (κ2) is 6.58. The zero-order chi connectivity index (χ0) is 18.2. The van der Waals surface area contributed by atoms with Gasteiger partial charge in [-0.15, -0.1) is 0 Å². The zero-order valence-electron chi connectivity index (χ0n) is 13.6. The molecule has 0 atom stereocenters. The number of aryl methyl sites for hydroxylation is 1. The van der Waals surface area contributed by atoms with Crippen molar-refractivity contribution in [2.24, 2.45) is 13.0 Å². The fourth-order valence-electron chi connectivity index (χ4n) is 2.23. The molecule has 0 amide bonds. The molecule has 2 rings (SSSR count). The summed E-state index contributed by atoms with van der Waals surface area (Å²) in [5, 5.41) is -0.120. The molecule has 132 valence electrons. The maximum Gasteiger partial charge on any atom is 0.398 e. The van der Waals surface area contributed by atoms with Crippen molar-refractivity contribution in [3.05, 3.63) is 26.7 Å². The van der Waals surface area contributed by atoms with E-state index in [0.717, 1.165) is 4.57 Å². The molecule has 0 saturated carbocycles. The monoisotopic (exact) mass is 362 g/mol. The molecule has 0 aromatic carbocycles. The second-order valence-electron chi connectivity index (χ2n) is 5.83. The number of hydrogen-bond donors (Lipinski definition) is 0. The van der Waals surface area contributed by atoms with Gasteiger partial charge >= 0.3 is 11.9 Å². The summed E-state index contributed by atoms with van der Waals surface area (Å²) in [6, 6.07) is 0. The predicted molar refractivity (Wildman–Crippen MR) is 85.4 cm³/mol. The predicted octanol–water partition coefficient (Wildman–Crippen LogP) is 2.11. The van der Waals surface area contributed by atoms with Crippen molar-refractivity contribution >= 4 is 22.8 Å². The van der Waals surface area contributed by atoms with Crippen LogP contribution in [0.15, 0.2) is 14.6 Å². The smallest absolute Gasteiger partial charge is 0.277 e. The third-order valence-electron chi connectivity index (χ3n) is 3.18. The first-order valence-electron chi connectivity index (χ1n) is 7.19. The average Bonchev–Trinajstić information content (AvgIpc) is 2.45. The van der Waals surface area contributed by atoms with Crippen LogP contribution in [0.3, 0.4) is 0 Å². The van der Waals surface area contributed by atoms with Gasteiger partial charge in [0.2, 0.25) is 0 Å². The van der Waals surface area contributed by atoms with Gasteiger partial charge in [-0.3, -0.25) is 13.9 Å². The van der Waals surface area contributed by atoms with Crippen molar-refractivity contribution in [1.82, 2.24) is 19.1 Å². The van der Waals surface area contributed by atoms with E-state index in [2.05, 4.69) is 9.97 Å². The van der Waals surface area contributed by atoms with E-state index in [1.807, 2.05) is 13.8 Å². The Balaban J connectivity index is 2.79. The normalized spacial score (nSPS) is 12.3. The highest BCUT2D eigenvalue weighted by Crippen LogP contribution is 2.29. The lowest BCUT2D eigenvalue weighted by Gasteiger charge is -2.15.